The van der Waals surface area contributed by atoms with Crippen molar-refractivity contribution in [2.75, 3.05) is 26.2 Å². The van der Waals surface area contributed by atoms with E-state index >= 15 is 0 Å². The number of benzene rings is 1. The van der Waals surface area contributed by atoms with Crippen LogP contribution in [0.5, 0.6) is 0 Å². The van der Waals surface area contributed by atoms with Gasteiger partial charge in [-0.1, -0.05) is 17.7 Å². The van der Waals surface area contributed by atoms with Gasteiger partial charge in [0.25, 0.3) is 0 Å². The van der Waals surface area contributed by atoms with Gasteiger partial charge in [0.15, 0.2) is 0 Å². The molecule has 0 bridgehead atoms. The van der Waals surface area contributed by atoms with Gasteiger partial charge >= 0.3 is 0 Å². The Morgan fingerprint density at radius 2 is 1.85 bits per heavy atom. The molecule has 20 heavy (non-hydrogen) atoms. The molecule has 1 saturated heterocycles. The number of halogens is 4. The SMILES string of the molecule is Cl.Cl.Clc1ccc([C@@H](C2CC2)N2CCNCC2)cc1Br. The summed E-state index contributed by atoms with van der Waals surface area (Å²) < 4.78 is 1.02. The highest BCUT2D eigenvalue weighted by atomic mass is 79.9. The van der Waals surface area contributed by atoms with Crippen LogP contribution in [0.1, 0.15) is 24.4 Å². The molecule has 1 aliphatic carbocycles. The van der Waals surface area contributed by atoms with Crippen molar-refractivity contribution in [3.63, 3.8) is 0 Å². The fraction of sp³-hybridized carbons (Fsp3) is 0.571. The minimum absolute atomic E-state index is 0. The normalized spacial score (nSPS) is 20.7. The Bertz CT molecular complexity index is 434. The zero-order chi connectivity index (χ0) is 12.5. The Balaban J connectivity index is 0.000001000. The first-order valence-electron chi connectivity index (χ1n) is 6.65. The maximum absolute atomic E-state index is 6.10. The Kier molecular flexibility index (Phi) is 7.61. The first-order valence-corrected chi connectivity index (χ1v) is 7.82. The molecule has 1 atom stereocenters. The van der Waals surface area contributed by atoms with Crippen molar-refractivity contribution in [2.24, 2.45) is 5.92 Å². The van der Waals surface area contributed by atoms with E-state index in [9.17, 15) is 0 Å². The molecule has 1 saturated carbocycles. The largest absolute Gasteiger partial charge is 0.314 e. The zero-order valence-electron chi connectivity index (χ0n) is 11.1. The first-order chi connectivity index (χ1) is 8.75. The molecule has 2 aliphatic rings. The summed E-state index contributed by atoms with van der Waals surface area (Å²) in [6, 6.07) is 6.99. The van der Waals surface area contributed by atoms with Crippen LogP contribution in [-0.2, 0) is 0 Å². The lowest BCUT2D eigenvalue weighted by Crippen LogP contribution is -2.45. The van der Waals surface area contributed by atoms with Crippen LogP contribution in [0.25, 0.3) is 0 Å². The van der Waals surface area contributed by atoms with E-state index < -0.39 is 0 Å². The third kappa shape index (κ3) is 4.25. The van der Waals surface area contributed by atoms with Crippen molar-refractivity contribution in [2.45, 2.75) is 18.9 Å². The van der Waals surface area contributed by atoms with E-state index in [1.165, 1.54) is 18.4 Å². The van der Waals surface area contributed by atoms with Crippen molar-refractivity contribution < 1.29 is 0 Å². The van der Waals surface area contributed by atoms with Crippen molar-refractivity contribution in [1.29, 1.82) is 0 Å². The summed E-state index contributed by atoms with van der Waals surface area (Å²) in [7, 11) is 0. The van der Waals surface area contributed by atoms with Gasteiger partial charge in [-0.15, -0.1) is 24.8 Å². The van der Waals surface area contributed by atoms with Crippen molar-refractivity contribution in [1.82, 2.24) is 10.2 Å². The van der Waals surface area contributed by atoms with E-state index in [1.54, 1.807) is 0 Å². The molecular formula is C14H20BrCl3N2. The van der Waals surface area contributed by atoms with Gasteiger partial charge < -0.3 is 5.32 Å². The van der Waals surface area contributed by atoms with Crippen molar-refractivity contribution >= 4 is 52.3 Å². The summed E-state index contributed by atoms with van der Waals surface area (Å²) in [5, 5.41) is 4.23. The molecule has 2 fully saturated rings. The van der Waals surface area contributed by atoms with Crippen LogP contribution >= 0.6 is 52.3 Å². The van der Waals surface area contributed by atoms with Gasteiger partial charge in [0, 0.05) is 36.7 Å². The number of hydrogen-bond acceptors (Lipinski definition) is 2. The van der Waals surface area contributed by atoms with Gasteiger partial charge in [0.05, 0.1) is 5.02 Å². The zero-order valence-corrected chi connectivity index (χ0v) is 15.1. The summed E-state index contributed by atoms with van der Waals surface area (Å²) in [4.78, 5) is 2.63. The van der Waals surface area contributed by atoms with E-state index in [1.807, 2.05) is 6.07 Å². The summed E-state index contributed by atoms with van der Waals surface area (Å²) in [6.45, 7) is 4.53. The molecule has 1 aromatic carbocycles. The van der Waals surface area contributed by atoms with E-state index in [-0.39, 0.29) is 24.8 Å². The lowest BCUT2D eigenvalue weighted by Gasteiger charge is -2.35. The standard InChI is InChI=1S/C14H18BrClN2.2ClH/c15-12-9-11(3-4-13(12)16)14(10-1-2-10)18-7-5-17-6-8-18;;/h3-4,9-10,14,17H,1-2,5-8H2;2*1H/t14-;;/m1../s1. The maximum Gasteiger partial charge on any atom is 0.0548 e. The predicted molar refractivity (Wildman–Crippen MR) is 93.6 cm³/mol. The van der Waals surface area contributed by atoms with Gasteiger partial charge in [-0.25, -0.2) is 0 Å². The fourth-order valence-corrected chi connectivity index (χ4v) is 3.36. The molecule has 1 aromatic rings. The highest BCUT2D eigenvalue weighted by molar-refractivity contribution is 9.10. The van der Waals surface area contributed by atoms with E-state index in [2.05, 4.69) is 38.3 Å². The maximum atomic E-state index is 6.10. The van der Waals surface area contributed by atoms with Gasteiger partial charge in [-0.3, -0.25) is 4.90 Å². The van der Waals surface area contributed by atoms with E-state index in [0.29, 0.717) is 6.04 Å². The monoisotopic (exact) mass is 400 g/mol. The number of hydrogen-bond donors (Lipinski definition) is 1. The second-order valence-electron chi connectivity index (χ2n) is 5.24. The van der Waals surface area contributed by atoms with Crippen molar-refractivity contribution in [3.05, 3.63) is 33.3 Å². The molecule has 114 valence electrons. The Morgan fingerprint density at radius 3 is 2.40 bits per heavy atom. The van der Waals surface area contributed by atoms with E-state index in [4.69, 9.17) is 11.6 Å². The Labute approximate surface area is 146 Å². The molecule has 1 N–H and O–H groups in total. The second-order valence-corrected chi connectivity index (χ2v) is 6.50. The molecule has 3 rings (SSSR count). The predicted octanol–water partition coefficient (Wildman–Crippen LogP) is 4.30. The second kappa shape index (κ2) is 8.21. The van der Waals surface area contributed by atoms with Gasteiger partial charge in [0.2, 0.25) is 0 Å². The molecule has 6 heteroatoms. The first kappa shape index (κ1) is 18.5. The van der Waals surface area contributed by atoms with Gasteiger partial charge in [-0.2, -0.15) is 0 Å². The number of piperazine rings is 1. The highest BCUT2D eigenvalue weighted by Crippen LogP contribution is 2.45. The minimum Gasteiger partial charge on any atom is -0.314 e. The average molecular weight is 403 g/mol. The molecular weight excluding hydrogens is 382 g/mol. The quantitative estimate of drug-likeness (QED) is 0.811. The molecule has 1 aliphatic heterocycles. The lowest BCUT2D eigenvalue weighted by molar-refractivity contribution is 0.156. The number of rotatable bonds is 3. The highest BCUT2D eigenvalue weighted by Gasteiger charge is 2.36. The summed E-state index contributed by atoms with van der Waals surface area (Å²) in [5.74, 6) is 0.844. The molecule has 0 spiro atoms. The van der Waals surface area contributed by atoms with Crippen LogP contribution in [0.2, 0.25) is 5.02 Å². The van der Waals surface area contributed by atoms with Crippen LogP contribution < -0.4 is 5.32 Å². The topological polar surface area (TPSA) is 15.3 Å². The van der Waals surface area contributed by atoms with Crippen LogP contribution in [-0.4, -0.2) is 31.1 Å². The van der Waals surface area contributed by atoms with E-state index in [0.717, 1.165) is 41.6 Å². The molecule has 0 radical (unpaired) electrons. The Hall–Kier alpha value is 0.490. The summed E-state index contributed by atoms with van der Waals surface area (Å²) >= 11 is 9.64. The van der Waals surface area contributed by atoms with Crippen molar-refractivity contribution in [3.8, 4) is 0 Å². The smallest absolute Gasteiger partial charge is 0.0548 e. The summed E-state index contributed by atoms with van der Waals surface area (Å²) in [5.41, 5.74) is 1.41. The molecule has 1 heterocycles. The third-order valence-electron chi connectivity index (χ3n) is 3.90. The molecule has 0 unspecified atom stereocenters. The lowest BCUT2D eigenvalue weighted by atomic mass is 10.00. The number of nitrogens with one attached hydrogen (secondary N) is 1. The molecule has 0 amide bonds. The van der Waals surface area contributed by atoms with Crippen LogP contribution in [0.15, 0.2) is 22.7 Å². The van der Waals surface area contributed by atoms with Gasteiger partial charge in [-0.05, 0) is 52.4 Å². The summed E-state index contributed by atoms with van der Waals surface area (Å²) in [6.07, 6.45) is 2.74. The average Bonchev–Trinajstić information content (AvgIpc) is 3.20. The van der Waals surface area contributed by atoms with Gasteiger partial charge in [0.1, 0.15) is 0 Å². The van der Waals surface area contributed by atoms with Crippen LogP contribution in [0, 0.1) is 5.92 Å². The third-order valence-corrected chi connectivity index (χ3v) is 5.11. The minimum atomic E-state index is 0. The molecule has 2 nitrogen and oxygen atoms in total. The fourth-order valence-electron chi connectivity index (χ4n) is 2.85. The Morgan fingerprint density at radius 1 is 1.20 bits per heavy atom. The van der Waals surface area contributed by atoms with Crippen LogP contribution in [0.3, 0.4) is 0 Å². The van der Waals surface area contributed by atoms with Crippen LogP contribution in [0.4, 0.5) is 0 Å². The number of nitrogens with zero attached hydrogens (tertiary/aromatic N) is 1. The molecule has 0 aromatic heterocycles.